The first-order chi connectivity index (χ1) is 10.1. The molecule has 3 N–H and O–H groups in total. The SMILES string of the molecule is CCC(CC)(CN)NS(=O)(=O)Cc1cccc(C(F)(F)F)c1. The number of nitrogens with one attached hydrogen (secondary N) is 1. The van der Waals surface area contributed by atoms with E-state index in [4.69, 9.17) is 5.73 Å². The zero-order valence-electron chi connectivity index (χ0n) is 12.6. The van der Waals surface area contributed by atoms with Crippen LogP contribution in [0.5, 0.6) is 0 Å². The number of nitrogens with two attached hydrogens (primary N) is 1. The quantitative estimate of drug-likeness (QED) is 0.803. The topological polar surface area (TPSA) is 72.2 Å². The van der Waals surface area contributed by atoms with E-state index in [1.807, 2.05) is 13.8 Å². The van der Waals surface area contributed by atoms with E-state index < -0.39 is 33.1 Å². The molecule has 0 spiro atoms. The van der Waals surface area contributed by atoms with E-state index in [9.17, 15) is 21.6 Å². The summed E-state index contributed by atoms with van der Waals surface area (Å²) < 4.78 is 64.9. The minimum atomic E-state index is -4.50. The third kappa shape index (κ3) is 4.96. The van der Waals surface area contributed by atoms with E-state index >= 15 is 0 Å². The van der Waals surface area contributed by atoms with Crippen LogP contribution in [0.2, 0.25) is 0 Å². The summed E-state index contributed by atoms with van der Waals surface area (Å²) in [5, 5.41) is 0. The predicted octanol–water partition coefficient (Wildman–Crippen LogP) is 2.64. The fourth-order valence-corrected chi connectivity index (χ4v) is 3.87. The lowest BCUT2D eigenvalue weighted by atomic mass is 9.95. The number of sulfonamides is 1. The molecule has 22 heavy (non-hydrogen) atoms. The lowest BCUT2D eigenvalue weighted by molar-refractivity contribution is -0.137. The molecule has 0 unspecified atom stereocenters. The standard InChI is InChI=1S/C14H21F3N2O2S/c1-3-13(4-2,10-18)19-22(20,21)9-11-6-5-7-12(8-11)14(15,16)17/h5-8,19H,3-4,9-10,18H2,1-2H3. The second kappa shape index (κ2) is 6.97. The highest BCUT2D eigenvalue weighted by molar-refractivity contribution is 7.88. The Morgan fingerprint density at radius 2 is 1.77 bits per heavy atom. The summed E-state index contributed by atoms with van der Waals surface area (Å²) >= 11 is 0. The summed E-state index contributed by atoms with van der Waals surface area (Å²) in [5.74, 6) is -0.515. The molecular weight excluding hydrogens is 317 g/mol. The molecule has 8 heteroatoms. The largest absolute Gasteiger partial charge is 0.416 e. The molecule has 0 fully saturated rings. The van der Waals surface area contributed by atoms with Crippen LogP contribution in [0, 0.1) is 0 Å². The van der Waals surface area contributed by atoms with Crippen LogP contribution in [-0.2, 0) is 22.0 Å². The molecule has 0 radical (unpaired) electrons. The first-order valence-electron chi connectivity index (χ1n) is 6.95. The van der Waals surface area contributed by atoms with Gasteiger partial charge in [-0.15, -0.1) is 0 Å². The molecule has 0 bridgehead atoms. The molecule has 0 saturated carbocycles. The van der Waals surface area contributed by atoms with Crippen LogP contribution in [0.4, 0.5) is 13.2 Å². The molecule has 0 atom stereocenters. The average molecular weight is 338 g/mol. The molecule has 0 heterocycles. The van der Waals surface area contributed by atoms with Crippen LogP contribution in [0.15, 0.2) is 24.3 Å². The Morgan fingerprint density at radius 1 is 1.18 bits per heavy atom. The van der Waals surface area contributed by atoms with Gasteiger partial charge in [0.15, 0.2) is 0 Å². The molecular formula is C14H21F3N2O2S. The minimum Gasteiger partial charge on any atom is -0.329 e. The fourth-order valence-electron chi connectivity index (χ4n) is 2.15. The van der Waals surface area contributed by atoms with Crippen molar-refractivity contribution in [2.45, 2.75) is 44.2 Å². The maximum atomic E-state index is 12.7. The van der Waals surface area contributed by atoms with Crippen molar-refractivity contribution in [1.82, 2.24) is 4.72 Å². The predicted molar refractivity (Wildman–Crippen MR) is 79.6 cm³/mol. The van der Waals surface area contributed by atoms with E-state index in [2.05, 4.69) is 4.72 Å². The molecule has 4 nitrogen and oxygen atoms in total. The molecule has 0 aliphatic heterocycles. The van der Waals surface area contributed by atoms with E-state index in [1.165, 1.54) is 12.1 Å². The van der Waals surface area contributed by atoms with Gasteiger partial charge in [-0.05, 0) is 24.5 Å². The van der Waals surface area contributed by atoms with Gasteiger partial charge in [0.1, 0.15) is 0 Å². The zero-order valence-corrected chi connectivity index (χ0v) is 13.4. The summed E-state index contributed by atoms with van der Waals surface area (Å²) in [5.41, 5.74) is 4.09. The van der Waals surface area contributed by atoms with Gasteiger partial charge in [-0.25, -0.2) is 13.1 Å². The van der Waals surface area contributed by atoms with Gasteiger partial charge in [-0.1, -0.05) is 32.0 Å². The van der Waals surface area contributed by atoms with Crippen LogP contribution >= 0.6 is 0 Å². The summed E-state index contributed by atoms with van der Waals surface area (Å²) in [6, 6.07) is 4.31. The summed E-state index contributed by atoms with van der Waals surface area (Å²) in [6.07, 6.45) is -3.50. The number of rotatable bonds is 7. The fraction of sp³-hybridized carbons (Fsp3) is 0.571. The van der Waals surface area contributed by atoms with Crippen LogP contribution in [0.25, 0.3) is 0 Å². The van der Waals surface area contributed by atoms with E-state index in [0.717, 1.165) is 12.1 Å². The highest BCUT2D eigenvalue weighted by Crippen LogP contribution is 2.30. The highest BCUT2D eigenvalue weighted by Gasteiger charge is 2.32. The van der Waals surface area contributed by atoms with Gasteiger partial charge in [0.2, 0.25) is 10.0 Å². The lowest BCUT2D eigenvalue weighted by Gasteiger charge is -2.31. The van der Waals surface area contributed by atoms with Crippen LogP contribution < -0.4 is 10.5 Å². The monoisotopic (exact) mass is 338 g/mol. The second-order valence-corrected chi connectivity index (χ2v) is 6.97. The Labute approximate surface area is 128 Å². The summed E-state index contributed by atoms with van der Waals surface area (Å²) in [7, 11) is -3.79. The minimum absolute atomic E-state index is 0.0838. The molecule has 126 valence electrons. The Balaban J connectivity index is 2.98. The smallest absolute Gasteiger partial charge is 0.329 e. The Hall–Kier alpha value is -1.12. The molecule has 1 aromatic rings. The highest BCUT2D eigenvalue weighted by atomic mass is 32.2. The van der Waals surface area contributed by atoms with Crippen molar-refractivity contribution >= 4 is 10.0 Å². The number of hydrogen-bond donors (Lipinski definition) is 2. The summed E-state index contributed by atoms with van der Waals surface area (Å²) in [6.45, 7) is 3.74. The third-order valence-corrected chi connectivity index (χ3v) is 5.18. The van der Waals surface area contributed by atoms with Crippen LogP contribution in [-0.4, -0.2) is 20.5 Å². The van der Waals surface area contributed by atoms with Crippen molar-refractivity contribution in [2.75, 3.05) is 6.54 Å². The van der Waals surface area contributed by atoms with Gasteiger partial charge in [0.05, 0.1) is 11.3 Å². The van der Waals surface area contributed by atoms with Gasteiger partial charge < -0.3 is 5.73 Å². The van der Waals surface area contributed by atoms with Crippen molar-refractivity contribution < 1.29 is 21.6 Å². The van der Waals surface area contributed by atoms with E-state index in [1.54, 1.807) is 0 Å². The molecule has 0 aromatic heterocycles. The van der Waals surface area contributed by atoms with Crippen molar-refractivity contribution in [3.05, 3.63) is 35.4 Å². The van der Waals surface area contributed by atoms with Crippen molar-refractivity contribution in [1.29, 1.82) is 0 Å². The molecule has 1 rings (SSSR count). The number of benzene rings is 1. The molecule has 0 aliphatic carbocycles. The maximum absolute atomic E-state index is 12.7. The van der Waals surface area contributed by atoms with Gasteiger partial charge in [-0.3, -0.25) is 0 Å². The molecule has 0 amide bonds. The maximum Gasteiger partial charge on any atom is 0.416 e. The van der Waals surface area contributed by atoms with E-state index in [-0.39, 0.29) is 12.1 Å². The first-order valence-corrected chi connectivity index (χ1v) is 8.60. The van der Waals surface area contributed by atoms with Crippen molar-refractivity contribution in [3.63, 3.8) is 0 Å². The Morgan fingerprint density at radius 3 is 2.23 bits per heavy atom. The zero-order chi connectivity index (χ0) is 17.0. The lowest BCUT2D eigenvalue weighted by Crippen LogP contribution is -2.53. The van der Waals surface area contributed by atoms with Gasteiger partial charge >= 0.3 is 6.18 Å². The Kier molecular flexibility index (Phi) is 6.00. The molecule has 0 saturated heterocycles. The molecule has 1 aromatic carbocycles. The van der Waals surface area contributed by atoms with Crippen LogP contribution in [0.1, 0.15) is 37.8 Å². The average Bonchev–Trinajstić information content (AvgIpc) is 2.44. The second-order valence-electron chi connectivity index (χ2n) is 5.25. The van der Waals surface area contributed by atoms with Gasteiger partial charge in [-0.2, -0.15) is 13.2 Å². The third-order valence-electron chi connectivity index (χ3n) is 3.73. The van der Waals surface area contributed by atoms with E-state index in [0.29, 0.717) is 12.8 Å². The Bertz CT molecular complexity index is 588. The normalized spacial score (nSPS) is 13.4. The molecule has 0 aliphatic rings. The number of hydrogen-bond acceptors (Lipinski definition) is 3. The van der Waals surface area contributed by atoms with Gasteiger partial charge in [0.25, 0.3) is 0 Å². The van der Waals surface area contributed by atoms with Crippen molar-refractivity contribution in [2.24, 2.45) is 5.73 Å². The van der Waals surface area contributed by atoms with Crippen LogP contribution in [0.3, 0.4) is 0 Å². The first kappa shape index (κ1) is 18.9. The number of alkyl halides is 3. The summed E-state index contributed by atoms with van der Waals surface area (Å²) in [4.78, 5) is 0. The number of halogens is 3. The van der Waals surface area contributed by atoms with Crippen molar-refractivity contribution in [3.8, 4) is 0 Å². The van der Waals surface area contributed by atoms with Gasteiger partial charge in [0, 0.05) is 12.1 Å².